The maximum Gasteiger partial charge on any atom is 0.129 e. The van der Waals surface area contributed by atoms with E-state index in [1.165, 1.54) is 0 Å². The summed E-state index contributed by atoms with van der Waals surface area (Å²) >= 11 is 0. The van der Waals surface area contributed by atoms with Crippen LogP contribution in [-0.4, -0.2) is 19.5 Å². The van der Waals surface area contributed by atoms with Crippen LogP contribution < -0.4 is 0 Å². The molecule has 1 rings (SSSR count). The molecule has 1 saturated heterocycles. The number of hydrogen-bond acceptors (Lipinski definition) is 2. The van der Waals surface area contributed by atoms with E-state index in [1.54, 1.807) is 0 Å². The summed E-state index contributed by atoms with van der Waals surface area (Å²) in [6, 6.07) is 0. The average Bonchev–Trinajstić information content (AvgIpc) is 2.39. The number of ether oxygens (including phenoxy) is 1. The van der Waals surface area contributed by atoms with Gasteiger partial charge >= 0.3 is 0 Å². The number of rotatable bonds is 2. The Bertz CT molecular complexity index is 161. The molecule has 0 aromatic heterocycles. The molecule has 0 radical (unpaired) electrons. The molecule has 0 aliphatic carbocycles. The highest BCUT2D eigenvalue weighted by Crippen LogP contribution is 2.29. The Balaban J connectivity index is 2.59. The second-order valence-corrected chi connectivity index (χ2v) is 2.66. The van der Waals surface area contributed by atoms with E-state index in [2.05, 4.69) is 5.92 Å². The van der Waals surface area contributed by atoms with Gasteiger partial charge in [-0.25, -0.2) is 0 Å². The van der Waals surface area contributed by atoms with Gasteiger partial charge in [-0.2, -0.15) is 0 Å². The standard InChI is InChI=1S/C8H10O2/c1-2-3-8(6-9)4-5-10-7-8/h1,6H,3-5,7H2. The molecule has 54 valence electrons. The average molecular weight is 138 g/mol. The minimum Gasteiger partial charge on any atom is -0.380 e. The number of aldehydes is 1. The van der Waals surface area contributed by atoms with Crippen LogP contribution in [0.15, 0.2) is 0 Å². The number of carbonyl (C=O) groups excluding carboxylic acids is 1. The van der Waals surface area contributed by atoms with Crippen molar-refractivity contribution in [2.24, 2.45) is 5.41 Å². The molecule has 1 unspecified atom stereocenters. The van der Waals surface area contributed by atoms with Crippen LogP contribution in [0.25, 0.3) is 0 Å². The lowest BCUT2D eigenvalue weighted by Gasteiger charge is -2.14. The van der Waals surface area contributed by atoms with E-state index in [9.17, 15) is 4.79 Å². The Morgan fingerprint density at radius 3 is 3.00 bits per heavy atom. The lowest BCUT2D eigenvalue weighted by molar-refractivity contribution is -0.116. The van der Waals surface area contributed by atoms with Crippen LogP contribution in [0.5, 0.6) is 0 Å². The van der Waals surface area contributed by atoms with Crippen LogP contribution in [0.2, 0.25) is 0 Å². The Labute approximate surface area is 60.6 Å². The van der Waals surface area contributed by atoms with Gasteiger partial charge < -0.3 is 9.53 Å². The van der Waals surface area contributed by atoms with E-state index in [4.69, 9.17) is 11.2 Å². The first-order valence-electron chi connectivity index (χ1n) is 3.30. The first kappa shape index (κ1) is 7.30. The second kappa shape index (κ2) is 2.85. The summed E-state index contributed by atoms with van der Waals surface area (Å²) in [4.78, 5) is 10.5. The predicted octanol–water partition coefficient (Wildman–Crippen LogP) is 0.615. The van der Waals surface area contributed by atoms with Crippen LogP contribution in [-0.2, 0) is 9.53 Å². The fraction of sp³-hybridized carbons (Fsp3) is 0.625. The largest absolute Gasteiger partial charge is 0.380 e. The Hall–Kier alpha value is -0.810. The Morgan fingerprint density at radius 1 is 1.80 bits per heavy atom. The summed E-state index contributed by atoms with van der Waals surface area (Å²) in [5.41, 5.74) is -0.352. The number of carbonyl (C=O) groups is 1. The van der Waals surface area contributed by atoms with Crippen molar-refractivity contribution in [3.8, 4) is 12.3 Å². The van der Waals surface area contributed by atoms with Crippen molar-refractivity contribution >= 4 is 6.29 Å². The van der Waals surface area contributed by atoms with Gasteiger partial charge in [-0.1, -0.05) is 0 Å². The summed E-state index contributed by atoms with van der Waals surface area (Å²) in [6.07, 6.45) is 7.32. The SMILES string of the molecule is C#CCC1(C=O)CCOC1. The molecule has 2 nitrogen and oxygen atoms in total. The molecule has 0 N–H and O–H groups in total. The first-order chi connectivity index (χ1) is 4.83. The molecule has 0 spiro atoms. The normalized spacial score (nSPS) is 31.5. The van der Waals surface area contributed by atoms with Crippen molar-refractivity contribution in [2.45, 2.75) is 12.8 Å². The van der Waals surface area contributed by atoms with Gasteiger partial charge in [-0.15, -0.1) is 12.3 Å². The van der Waals surface area contributed by atoms with Gasteiger partial charge in [0.25, 0.3) is 0 Å². The van der Waals surface area contributed by atoms with Crippen LogP contribution in [0.1, 0.15) is 12.8 Å². The molecule has 10 heavy (non-hydrogen) atoms. The number of terminal acetylenes is 1. The molecule has 0 saturated carbocycles. The molecular formula is C8H10O2. The molecule has 1 aliphatic heterocycles. The molecular weight excluding hydrogens is 128 g/mol. The maximum atomic E-state index is 10.5. The topological polar surface area (TPSA) is 26.3 Å². The molecule has 1 fully saturated rings. The fourth-order valence-corrected chi connectivity index (χ4v) is 1.10. The highest BCUT2D eigenvalue weighted by Gasteiger charge is 2.33. The molecule has 0 bridgehead atoms. The minimum absolute atomic E-state index is 0.352. The highest BCUT2D eigenvalue weighted by atomic mass is 16.5. The lowest BCUT2D eigenvalue weighted by Crippen LogP contribution is -2.21. The van der Waals surface area contributed by atoms with Crippen LogP contribution in [0, 0.1) is 17.8 Å². The third kappa shape index (κ3) is 1.19. The van der Waals surface area contributed by atoms with E-state index in [0.29, 0.717) is 19.6 Å². The second-order valence-electron chi connectivity index (χ2n) is 2.66. The molecule has 1 atom stereocenters. The summed E-state index contributed by atoms with van der Waals surface area (Å²) in [5.74, 6) is 2.49. The molecule has 0 aromatic rings. The van der Waals surface area contributed by atoms with Crippen molar-refractivity contribution in [3.63, 3.8) is 0 Å². The van der Waals surface area contributed by atoms with Crippen LogP contribution >= 0.6 is 0 Å². The van der Waals surface area contributed by atoms with Gasteiger partial charge in [0.1, 0.15) is 6.29 Å². The van der Waals surface area contributed by atoms with Crippen LogP contribution in [0.3, 0.4) is 0 Å². The Morgan fingerprint density at radius 2 is 2.60 bits per heavy atom. The zero-order valence-corrected chi connectivity index (χ0v) is 5.80. The van der Waals surface area contributed by atoms with E-state index < -0.39 is 0 Å². The summed E-state index contributed by atoms with van der Waals surface area (Å²) in [6.45, 7) is 1.17. The third-order valence-electron chi connectivity index (χ3n) is 1.84. The molecule has 1 aliphatic rings. The fourth-order valence-electron chi connectivity index (χ4n) is 1.10. The lowest BCUT2D eigenvalue weighted by atomic mass is 9.86. The van der Waals surface area contributed by atoms with Gasteiger partial charge in [0.05, 0.1) is 12.0 Å². The van der Waals surface area contributed by atoms with Crippen molar-refractivity contribution in [1.82, 2.24) is 0 Å². The van der Waals surface area contributed by atoms with Gasteiger partial charge in [-0.05, 0) is 6.42 Å². The summed E-state index contributed by atoms with van der Waals surface area (Å²) < 4.78 is 5.08. The molecule has 2 heteroatoms. The zero-order valence-electron chi connectivity index (χ0n) is 5.80. The quantitative estimate of drug-likeness (QED) is 0.413. The highest BCUT2D eigenvalue weighted by molar-refractivity contribution is 5.60. The van der Waals surface area contributed by atoms with E-state index in [1.807, 2.05) is 0 Å². The molecule has 0 aromatic carbocycles. The van der Waals surface area contributed by atoms with Crippen molar-refractivity contribution < 1.29 is 9.53 Å². The van der Waals surface area contributed by atoms with Gasteiger partial charge in [-0.3, -0.25) is 0 Å². The molecule has 0 amide bonds. The minimum atomic E-state index is -0.352. The zero-order chi connectivity index (χ0) is 7.45. The summed E-state index contributed by atoms with van der Waals surface area (Å²) in [5, 5.41) is 0. The van der Waals surface area contributed by atoms with Gasteiger partial charge in [0.2, 0.25) is 0 Å². The third-order valence-corrected chi connectivity index (χ3v) is 1.84. The smallest absolute Gasteiger partial charge is 0.129 e. The Kier molecular flexibility index (Phi) is 2.08. The van der Waals surface area contributed by atoms with Crippen LogP contribution in [0.4, 0.5) is 0 Å². The van der Waals surface area contributed by atoms with E-state index in [-0.39, 0.29) is 5.41 Å². The first-order valence-corrected chi connectivity index (χ1v) is 3.30. The molecule has 1 heterocycles. The van der Waals surface area contributed by atoms with Crippen molar-refractivity contribution in [2.75, 3.05) is 13.2 Å². The van der Waals surface area contributed by atoms with Gasteiger partial charge in [0, 0.05) is 13.0 Å². The number of hydrogen-bond donors (Lipinski definition) is 0. The van der Waals surface area contributed by atoms with Gasteiger partial charge in [0.15, 0.2) is 0 Å². The van der Waals surface area contributed by atoms with Crippen molar-refractivity contribution in [1.29, 1.82) is 0 Å². The summed E-state index contributed by atoms with van der Waals surface area (Å²) in [7, 11) is 0. The van der Waals surface area contributed by atoms with E-state index in [0.717, 1.165) is 12.7 Å². The van der Waals surface area contributed by atoms with Crippen molar-refractivity contribution in [3.05, 3.63) is 0 Å². The maximum absolute atomic E-state index is 10.5. The predicted molar refractivity (Wildman–Crippen MR) is 37.4 cm³/mol. The van der Waals surface area contributed by atoms with E-state index >= 15 is 0 Å². The monoisotopic (exact) mass is 138 g/mol.